The monoisotopic (exact) mass is 627 g/mol. The molecule has 1 amide bonds. The van der Waals surface area contributed by atoms with Crippen molar-refractivity contribution in [3.63, 3.8) is 0 Å². The van der Waals surface area contributed by atoms with Gasteiger partial charge in [-0.25, -0.2) is 9.35 Å². The number of amides is 1. The lowest BCUT2D eigenvalue weighted by atomic mass is 9.68. The van der Waals surface area contributed by atoms with Gasteiger partial charge in [-0.1, -0.05) is 29.8 Å². The summed E-state index contributed by atoms with van der Waals surface area (Å²) in [5.74, 6) is 0.871. The average molecular weight is 628 g/mol. The second-order valence-corrected chi connectivity index (χ2v) is 15.1. The number of halogens is 1. The molecule has 1 spiro atoms. The topological polar surface area (TPSA) is 103 Å². The molecule has 2 bridgehead atoms. The van der Waals surface area contributed by atoms with Crippen LogP contribution >= 0.6 is 11.6 Å². The highest BCUT2D eigenvalue weighted by molar-refractivity contribution is 7.91. The molecule has 2 N–H and O–H groups in total. The Morgan fingerprint density at radius 1 is 1.21 bits per heavy atom. The maximum atomic E-state index is 13.4. The largest absolute Gasteiger partial charge is 0.490 e. The molecule has 43 heavy (non-hydrogen) atoms. The van der Waals surface area contributed by atoms with Crippen LogP contribution in [0.3, 0.4) is 0 Å². The third kappa shape index (κ3) is 6.38. The van der Waals surface area contributed by atoms with Crippen LogP contribution in [0.5, 0.6) is 5.75 Å². The Hall–Kier alpha value is -2.43. The molecule has 2 aliphatic heterocycles. The van der Waals surface area contributed by atoms with E-state index in [9.17, 15) is 9.00 Å². The molecular weight excluding hydrogens is 586 g/mol. The van der Waals surface area contributed by atoms with Crippen molar-refractivity contribution in [1.29, 1.82) is 0 Å². The lowest BCUT2D eigenvalue weighted by Gasteiger charge is -2.46. The molecule has 8 nitrogen and oxygen atoms in total. The van der Waals surface area contributed by atoms with E-state index in [1.54, 1.807) is 20.3 Å². The Balaban J connectivity index is 1.43. The first-order valence-electron chi connectivity index (χ1n) is 15.3. The number of nitrogens with zero attached hydrogens (tertiary/aromatic N) is 2. The molecule has 1 saturated carbocycles. The number of anilines is 1. The molecule has 6 rings (SSSR count). The molecule has 4 aliphatic rings. The highest BCUT2D eigenvalue weighted by atomic mass is 35.5. The predicted molar refractivity (Wildman–Crippen MR) is 170 cm³/mol. The molecule has 0 radical (unpaired) electrons. The van der Waals surface area contributed by atoms with Crippen LogP contribution < -0.4 is 14.8 Å². The predicted octanol–water partition coefficient (Wildman–Crippen LogP) is 5.56. The second-order valence-electron chi connectivity index (χ2n) is 12.7. The highest BCUT2D eigenvalue weighted by Crippen LogP contribution is 2.47. The summed E-state index contributed by atoms with van der Waals surface area (Å²) in [7, 11) is 0.0938. The number of hydrogen-bond donors (Lipinski definition) is 1. The third-order valence-electron chi connectivity index (χ3n) is 9.82. The third-order valence-corrected chi connectivity index (χ3v) is 11.5. The van der Waals surface area contributed by atoms with Gasteiger partial charge < -0.3 is 19.1 Å². The fourth-order valence-electron chi connectivity index (χ4n) is 7.57. The van der Waals surface area contributed by atoms with Crippen LogP contribution in [-0.2, 0) is 31.2 Å². The number of aryl methyl sites for hydroxylation is 1. The molecule has 6 atom stereocenters. The van der Waals surface area contributed by atoms with Crippen molar-refractivity contribution in [3.8, 4) is 5.75 Å². The van der Waals surface area contributed by atoms with E-state index < -0.39 is 15.8 Å². The van der Waals surface area contributed by atoms with Crippen molar-refractivity contribution in [2.24, 2.45) is 27.3 Å². The molecule has 2 heterocycles. The fraction of sp³-hybridized carbons (Fsp3) is 0.545. The van der Waals surface area contributed by atoms with E-state index in [-0.39, 0.29) is 23.2 Å². The number of carbonyl (C=O) groups excluding carboxylic acids is 1. The van der Waals surface area contributed by atoms with Crippen LogP contribution in [0, 0.1) is 17.8 Å². The average Bonchev–Trinajstić information content (AvgIpc) is 3.10. The zero-order valence-electron chi connectivity index (χ0n) is 25.0. The van der Waals surface area contributed by atoms with Gasteiger partial charge in [0.15, 0.2) is 0 Å². The first-order chi connectivity index (χ1) is 20.7. The van der Waals surface area contributed by atoms with E-state index in [4.69, 9.17) is 31.0 Å². The Bertz CT molecular complexity index is 1520. The normalized spacial score (nSPS) is 33.3. The zero-order valence-corrected chi connectivity index (χ0v) is 26.6. The van der Waals surface area contributed by atoms with E-state index in [1.807, 2.05) is 18.2 Å². The second kappa shape index (κ2) is 12.5. The van der Waals surface area contributed by atoms with E-state index in [2.05, 4.69) is 33.5 Å². The van der Waals surface area contributed by atoms with Gasteiger partial charge in [0.05, 0.1) is 30.8 Å². The summed E-state index contributed by atoms with van der Waals surface area (Å²) in [6, 6.07) is 11.7. The van der Waals surface area contributed by atoms with Gasteiger partial charge in [0.2, 0.25) is 0 Å². The molecular formula is C33H42ClN3O5S. The Morgan fingerprint density at radius 2 is 2.07 bits per heavy atom. The molecule has 232 valence electrons. The van der Waals surface area contributed by atoms with Gasteiger partial charge >= 0.3 is 0 Å². The highest BCUT2D eigenvalue weighted by Gasteiger charge is 2.44. The van der Waals surface area contributed by atoms with Crippen molar-refractivity contribution < 1.29 is 23.2 Å². The van der Waals surface area contributed by atoms with Gasteiger partial charge in [-0.3, -0.25) is 4.79 Å². The molecule has 2 aliphatic carbocycles. The van der Waals surface area contributed by atoms with E-state index in [0.717, 1.165) is 61.7 Å². The number of nitrogens with two attached hydrogens (primary N) is 1. The summed E-state index contributed by atoms with van der Waals surface area (Å²) in [6.45, 7) is 2.48. The quantitative estimate of drug-likeness (QED) is 0.447. The minimum atomic E-state index is -3.28. The molecule has 10 heteroatoms. The molecule has 1 fully saturated rings. The van der Waals surface area contributed by atoms with Crippen molar-refractivity contribution in [3.05, 3.63) is 70.3 Å². The van der Waals surface area contributed by atoms with E-state index >= 15 is 0 Å². The van der Waals surface area contributed by atoms with Crippen LogP contribution in [0.15, 0.2) is 52.9 Å². The minimum absolute atomic E-state index is 0.0242. The number of ether oxygens (including phenoxy) is 3. The number of methoxy groups -OCH3 is 2. The van der Waals surface area contributed by atoms with Crippen molar-refractivity contribution >= 4 is 33.1 Å². The Kier molecular flexibility index (Phi) is 8.91. The number of benzene rings is 2. The van der Waals surface area contributed by atoms with Gasteiger partial charge in [0.1, 0.15) is 15.7 Å². The summed E-state index contributed by atoms with van der Waals surface area (Å²) in [4.78, 5) is 15.8. The Labute approximate surface area is 260 Å². The molecule has 0 unspecified atom stereocenters. The van der Waals surface area contributed by atoms with Crippen molar-refractivity contribution in [2.75, 3.05) is 51.2 Å². The van der Waals surface area contributed by atoms with Crippen molar-refractivity contribution in [2.45, 2.75) is 50.0 Å². The van der Waals surface area contributed by atoms with Crippen LogP contribution in [0.2, 0.25) is 5.02 Å². The van der Waals surface area contributed by atoms with Crippen LogP contribution in [-0.4, -0.2) is 62.5 Å². The summed E-state index contributed by atoms with van der Waals surface area (Å²) in [6.07, 6.45) is 10.1. The lowest BCUT2D eigenvalue weighted by Crippen LogP contribution is -2.49. The van der Waals surface area contributed by atoms with Crippen LogP contribution in [0.4, 0.5) is 5.69 Å². The number of rotatable bonds is 3. The Morgan fingerprint density at radius 3 is 2.84 bits per heavy atom. The maximum absolute atomic E-state index is 13.4. The zero-order chi connectivity index (χ0) is 30.2. The van der Waals surface area contributed by atoms with Gasteiger partial charge in [0.25, 0.3) is 5.91 Å². The van der Waals surface area contributed by atoms with Crippen LogP contribution in [0.25, 0.3) is 0 Å². The molecule has 0 saturated heterocycles. The van der Waals surface area contributed by atoms with Gasteiger partial charge in [-0.2, -0.15) is 0 Å². The minimum Gasteiger partial charge on any atom is -0.490 e. The van der Waals surface area contributed by atoms with Crippen LogP contribution in [0.1, 0.15) is 53.6 Å². The van der Waals surface area contributed by atoms with E-state index in [1.165, 1.54) is 11.1 Å². The first-order valence-corrected chi connectivity index (χ1v) is 17.4. The first kappa shape index (κ1) is 30.6. The van der Waals surface area contributed by atoms with Gasteiger partial charge in [0, 0.05) is 43.3 Å². The number of hydrogen-bond acceptors (Lipinski definition) is 6. The smallest absolute Gasteiger partial charge is 0.286 e. The number of allylic oxidation sites excluding steroid dienone is 1. The fourth-order valence-corrected chi connectivity index (χ4v) is 9.14. The summed E-state index contributed by atoms with van der Waals surface area (Å²) in [5.41, 5.74) is 3.59. The summed E-state index contributed by atoms with van der Waals surface area (Å²) in [5, 5.41) is 6.92. The summed E-state index contributed by atoms with van der Waals surface area (Å²) < 4.78 is 35.4. The standard InChI is InChI=1S/C33H42ClN3O5S/c1-40-18-22-5-3-7-30(41-2)27-11-8-25(27)17-37-20-33(14-4-6-23-15-26(34)10-12-28(23)33)21-42-31-13-9-24(16-29(31)37)32(38)36-43(35,39)19-22/h3,7,9-10,12-13,15-16,22,25,27,30H,4-6,8,11,14,17-21H2,1-2H3,(H2,35,36,38,39)/b7-3+/t22-,25+,27-,30+,33+,43+/m1/s1. The molecule has 0 aromatic heterocycles. The number of carbonyl (C=O) groups is 1. The molecule has 2 aromatic rings. The van der Waals surface area contributed by atoms with Gasteiger partial charge in [-0.15, -0.1) is 4.36 Å². The SMILES string of the molecule is COC[C@H]1C/C=C/[C@H](OC)[C@@H]2CC[C@H]2CN2C[C@@]3(CCCc4cc(Cl)ccc43)COc3ccc(cc32)C(=O)N=[S@](N)(=O)C1. The van der Waals surface area contributed by atoms with Gasteiger partial charge in [-0.05, 0) is 97.7 Å². The summed E-state index contributed by atoms with van der Waals surface area (Å²) >= 11 is 6.41. The number of fused-ring (bicyclic) bond motifs is 4. The maximum Gasteiger partial charge on any atom is 0.286 e. The lowest BCUT2D eigenvalue weighted by molar-refractivity contribution is 0.0131. The molecule has 2 aromatic carbocycles. The van der Waals surface area contributed by atoms with Crippen molar-refractivity contribution in [1.82, 2.24) is 0 Å². The van der Waals surface area contributed by atoms with E-state index in [0.29, 0.717) is 37.0 Å².